The first-order valence-corrected chi connectivity index (χ1v) is 6.93. The molecule has 104 valence electrons. The van der Waals surface area contributed by atoms with Gasteiger partial charge in [0, 0.05) is 28.4 Å². The van der Waals surface area contributed by atoms with Gasteiger partial charge in [0.1, 0.15) is 0 Å². The molecule has 0 aliphatic carbocycles. The van der Waals surface area contributed by atoms with Crippen LogP contribution in [0.1, 0.15) is 22.3 Å². The molecule has 3 N–H and O–H groups in total. The van der Waals surface area contributed by atoms with Gasteiger partial charge in [0.15, 0.2) is 5.78 Å². The quantitative estimate of drug-likeness (QED) is 0.633. The van der Waals surface area contributed by atoms with E-state index in [0.29, 0.717) is 22.7 Å². The van der Waals surface area contributed by atoms with Crippen LogP contribution >= 0.6 is 11.6 Å². The summed E-state index contributed by atoms with van der Waals surface area (Å²) >= 11 is 5.82. The maximum atomic E-state index is 12.2. The summed E-state index contributed by atoms with van der Waals surface area (Å²) in [6, 6.07) is 14.4. The summed E-state index contributed by atoms with van der Waals surface area (Å²) in [6.45, 7) is 1.50. The third kappa shape index (κ3) is 3.83. The van der Waals surface area contributed by atoms with Crippen molar-refractivity contribution in [1.29, 1.82) is 0 Å². The minimum Gasteiger partial charge on any atom is -0.385 e. The fourth-order valence-corrected chi connectivity index (χ4v) is 1.97. The zero-order valence-electron chi connectivity index (χ0n) is 11.1. The number of carbonyl (C=O) groups is 1. The van der Waals surface area contributed by atoms with Gasteiger partial charge < -0.3 is 11.1 Å². The van der Waals surface area contributed by atoms with E-state index < -0.39 is 0 Å². The van der Waals surface area contributed by atoms with E-state index in [-0.39, 0.29) is 5.78 Å². The van der Waals surface area contributed by atoms with Gasteiger partial charge in [0.25, 0.3) is 0 Å². The number of nitrogens with one attached hydrogen (secondary N) is 1. The first-order valence-electron chi connectivity index (χ1n) is 6.55. The second-order valence-corrected chi connectivity index (χ2v) is 4.92. The van der Waals surface area contributed by atoms with E-state index in [9.17, 15) is 4.79 Å². The van der Waals surface area contributed by atoms with Crippen LogP contribution in [0.3, 0.4) is 0 Å². The Morgan fingerprint density at radius 1 is 1.00 bits per heavy atom. The molecule has 2 aromatic carbocycles. The summed E-state index contributed by atoms with van der Waals surface area (Å²) in [5.41, 5.74) is 7.73. The van der Waals surface area contributed by atoms with Gasteiger partial charge in [-0.25, -0.2) is 0 Å². The zero-order valence-corrected chi connectivity index (χ0v) is 11.9. The van der Waals surface area contributed by atoms with Gasteiger partial charge in [0.05, 0.1) is 0 Å². The lowest BCUT2D eigenvalue weighted by Crippen LogP contribution is -2.08. The van der Waals surface area contributed by atoms with Crippen molar-refractivity contribution in [3.63, 3.8) is 0 Å². The van der Waals surface area contributed by atoms with Gasteiger partial charge in [-0.1, -0.05) is 11.6 Å². The van der Waals surface area contributed by atoms with Crippen molar-refractivity contribution in [2.45, 2.75) is 6.42 Å². The van der Waals surface area contributed by atoms with Crippen LogP contribution in [0, 0.1) is 0 Å². The Morgan fingerprint density at radius 2 is 1.55 bits per heavy atom. The molecule has 4 heteroatoms. The minimum atomic E-state index is -0.00447. The largest absolute Gasteiger partial charge is 0.385 e. The molecule has 0 fully saturated rings. The van der Waals surface area contributed by atoms with Crippen molar-refractivity contribution in [3.8, 4) is 0 Å². The molecule has 0 amide bonds. The van der Waals surface area contributed by atoms with Crippen molar-refractivity contribution < 1.29 is 4.79 Å². The third-order valence-corrected chi connectivity index (χ3v) is 3.22. The number of ketones is 1. The molecule has 2 aromatic rings. The summed E-state index contributed by atoms with van der Waals surface area (Å²) in [4.78, 5) is 12.2. The maximum absolute atomic E-state index is 12.2. The summed E-state index contributed by atoms with van der Waals surface area (Å²) < 4.78 is 0. The third-order valence-electron chi connectivity index (χ3n) is 2.96. The predicted octanol–water partition coefficient (Wildman–Crippen LogP) is 3.33. The molecule has 0 radical (unpaired) electrons. The molecular weight excluding hydrogens is 272 g/mol. The standard InChI is InChI=1S/C16H17ClN2O/c17-14-6-2-12(3-7-14)16(20)13-4-8-15(9-5-13)19-11-1-10-18/h2-9,19H,1,10-11,18H2. The second kappa shape index (κ2) is 7.08. The van der Waals surface area contributed by atoms with E-state index >= 15 is 0 Å². The number of rotatable bonds is 6. The maximum Gasteiger partial charge on any atom is 0.193 e. The average Bonchev–Trinajstić information content (AvgIpc) is 2.48. The van der Waals surface area contributed by atoms with E-state index in [4.69, 9.17) is 17.3 Å². The van der Waals surface area contributed by atoms with Crippen LogP contribution in [0.4, 0.5) is 5.69 Å². The lowest BCUT2D eigenvalue weighted by atomic mass is 10.0. The van der Waals surface area contributed by atoms with Crippen LogP contribution in [0.15, 0.2) is 48.5 Å². The molecule has 20 heavy (non-hydrogen) atoms. The molecule has 0 atom stereocenters. The summed E-state index contributed by atoms with van der Waals surface area (Å²) in [6.07, 6.45) is 0.922. The number of benzene rings is 2. The van der Waals surface area contributed by atoms with Crippen molar-refractivity contribution in [2.24, 2.45) is 5.73 Å². The van der Waals surface area contributed by atoms with Crippen LogP contribution < -0.4 is 11.1 Å². The van der Waals surface area contributed by atoms with Crippen LogP contribution in [0.25, 0.3) is 0 Å². The van der Waals surface area contributed by atoms with E-state index in [2.05, 4.69) is 5.32 Å². The predicted molar refractivity (Wildman–Crippen MR) is 83.5 cm³/mol. The van der Waals surface area contributed by atoms with Crippen molar-refractivity contribution in [2.75, 3.05) is 18.4 Å². The topological polar surface area (TPSA) is 55.1 Å². The van der Waals surface area contributed by atoms with Gasteiger partial charge in [-0.05, 0) is 61.5 Å². The van der Waals surface area contributed by atoms with Gasteiger partial charge in [0.2, 0.25) is 0 Å². The Hall–Kier alpha value is -1.84. The van der Waals surface area contributed by atoms with Crippen LogP contribution in [0.2, 0.25) is 5.02 Å². The van der Waals surface area contributed by atoms with Crippen LogP contribution in [-0.2, 0) is 0 Å². The number of carbonyl (C=O) groups excluding carboxylic acids is 1. The Morgan fingerprint density at radius 3 is 2.10 bits per heavy atom. The number of nitrogens with two attached hydrogens (primary N) is 1. The Bertz CT molecular complexity index is 564. The van der Waals surface area contributed by atoms with Crippen LogP contribution in [0.5, 0.6) is 0 Å². The number of anilines is 1. The van der Waals surface area contributed by atoms with E-state index in [0.717, 1.165) is 18.7 Å². The first kappa shape index (κ1) is 14.6. The van der Waals surface area contributed by atoms with E-state index in [1.807, 2.05) is 24.3 Å². The van der Waals surface area contributed by atoms with Crippen molar-refractivity contribution >= 4 is 23.1 Å². The number of hydrogen-bond acceptors (Lipinski definition) is 3. The highest BCUT2D eigenvalue weighted by molar-refractivity contribution is 6.30. The van der Waals surface area contributed by atoms with E-state index in [1.54, 1.807) is 24.3 Å². The highest BCUT2D eigenvalue weighted by atomic mass is 35.5. The first-order chi connectivity index (χ1) is 9.70. The molecule has 0 heterocycles. The molecule has 0 aromatic heterocycles. The van der Waals surface area contributed by atoms with E-state index in [1.165, 1.54) is 0 Å². The zero-order chi connectivity index (χ0) is 14.4. The molecule has 2 rings (SSSR count). The molecule has 0 aliphatic heterocycles. The molecular formula is C16H17ClN2O. The molecule has 0 saturated heterocycles. The number of hydrogen-bond donors (Lipinski definition) is 2. The van der Waals surface area contributed by atoms with Gasteiger partial charge >= 0.3 is 0 Å². The molecule has 0 saturated carbocycles. The molecule has 0 bridgehead atoms. The molecule has 0 spiro atoms. The lowest BCUT2D eigenvalue weighted by Gasteiger charge is -2.06. The SMILES string of the molecule is NCCCNc1ccc(C(=O)c2ccc(Cl)cc2)cc1. The van der Waals surface area contributed by atoms with Crippen LogP contribution in [-0.4, -0.2) is 18.9 Å². The minimum absolute atomic E-state index is 0.00447. The summed E-state index contributed by atoms with van der Waals surface area (Å²) in [7, 11) is 0. The van der Waals surface area contributed by atoms with Gasteiger partial charge in [-0.2, -0.15) is 0 Å². The normalized spacial score (nSPS) is 10.3. The average molecular weight is 289 g/mol. The van der Waals surface area contributed by atoms with Gasteiger partial charge in [-0.15, -0.1) is 0 Å². The highest BCUT2D eigenvalue weighted by Crippen LogP contribution is 2.16. The molecule has 0 aliphatic rings. The Kier molecular flexibility index (Phi) is 5.16. The smallest absolute Gasteiger partial charge is 0.193 e. The fourth-order valence-electron chi connectivity index (χ4n) is 1.84. The molecule has 3 nitrogen and oxygen atoms in total. The second-order valence-electron chi connectivity index (χ2n) is 4.48. The Balaban J connectivity index is 2.05. The van der Waals surface area contributed by atoms with Gasteiger partial charge in [-0.3, -0.25) is 4.79 Å². The van der Waals surface area contributed by atoms with Crippen molar-refractivity contribution in [1.82, 2.24) is 0 Å². The highest BCUT2D eigenvalue weighted by Gasteiger charge is 2.08. The lowest BCUT2D eigenvalue weighted by molar-refractivity contribution is 0.103. The monoisotopic (exact) mass is 288 g/mol. The summed E-state index contributed by atoms with van der Waals surface area (Å²) in [5, 5.41) is 3.88. The molecule has 0 unspecified atom stereocenters. The number of halogens is 1. The fraction of sp³-hybridized carbons (Fsp3) is 0.188. The summed E-state index contributed by atoms with van der Waals surface area (Å²) in [5.74, 6) is -0.00447. The van der Waals surface area contributed by atoms with Crippen molar-refractivity contribution in [3.05, 3.63) is 64.7 Å². The Labute approximate surface area is 123 Å².